The third-order valence-corrected chi connectivity index (χ3v) is 5.20. The average Bonchev–Trinajstić information content (AvgIpc) is 2.76. The van der Waals surface area contributed by atoms with Crippen LogP contribution >= 0.6 is 11.6 Å². The van der Waals surface area contributed by atoms with Crippen molar-refractivity contribution in [2.75, 3.05) is 11.4 Å². The van der Waals surface area contributed by atoms with E-state index in [-0.39, 0.29) is 0 Å². The molecule has 2 aliphatic heterocycles. The van der Waals surface area contributed by atoms with Crippen LogP contribution in [-0.2, 0) is 4.79 Å². The van der Waals surface area contributed by atoms with E-state index in [1.165, 1.54) is 0 Å². The zero-order chi connectivity index (χ0) is 19.2. The molecular weight excluding hydrogens is 381 g/mol. The fourth-order valence-electron chi connectivity index (χ4n) is 3.83. The summed E-state index contributed by atoms with van der Waals surface area (Å²) in [7, 11) is 0. The second-order valence-electron chi connectivity index (χ2n) is 6.58. The van der Waals surface area contributed by atoms with Crippen LogP contribution in [-0.4, -0.2) is 24.7 Å². The van der Waals surface area contributed by atoms with Crippen LogP contribution in [0.15, 0.2) is 42.5 Å². The van der Waals surface area contributed by atoms with Gasteiger partial charge in [0.25, 0.3) is 0 Å². The first-order chi connectivity index (χ1) is 12.9. The Morgan fingerprint density at radius 2 is 1.89 bits per heavy atom. The van der Waals surface area contributed by atoms with E-state index >= 15 is 0 Å². The van der Waals surface area contributed by atoms with Crippen LogP contribution in [0.2, 0.25) is 5.02 Å². The van der Waals surface area contributed by atoms with Crippen molar-refractivity contribution >= 4 is 23.2 Å². The normalized spacial score (nSPS) is 21.3. The van der Waals surface area contributed by atoms with Gasteiger partial charge >= 0.3 is 12.1 Å². The van der Waals surface area contributed by atoms with Crippen molar-refractivity contribution in [3.8, 4) is 11.5 Å². The first kappa shape index (κ1) is 18.0. The van der Waals surface area contributed by atoms with Gasteiger partial charge in [-0.2, -0.15) is 13.2 Å². The summed E-state index contributed by atoms with van der Waals surface area (Å²) in [5, 5.41) is 2.62. The van der Waals surface area contributed by atoms with Crippen LogP contribution in [0.25, 0.3) is 0 Å². The summed E-state index contributed by atoms with van der Waals surface area (Å²) in [4.78, 5) is 13.5. The van der Waals surface area contributed by atoms with Crippen LogP contribution in [0.4, 0.5) is 18.9 Å². The summed E-state index contributed by atoms with van der Waals surface area (Å²) >= 11 is 6.41. The molecule has 0 aliphatic carbocycles. The molecule has 0 spiro atoms. The Morgan fingerprint density at radius 3 is 2.67 bits per heavy atom. The molecule has 142 valence electrons. The Hall–Kier alpha value is -2.41. The molecule has 0 aromatic heterocycles. The van der Waals surface area contributed by atoms with Crippen molar-refractivity contribution in [3.05, 3.63) is 53.1 Å². The number of carbonyl (C=O) groups is 1. The predicted molar refractivity (Wildman–Crippen MR) is 95.3 cm³/mol. The second-order valence-corrected chi connectivity index (χ2v) is 6.99. The quantitative estimate of drug-likeness (QED) is 0.750. The van der Waals surface area contributed by atoms with Gasteiger partial charge in [0.15, 0.2) is 5.75 Å². The fourth-order valence-corrected chi connectivity index (χ4v) is 4.10. The number of hydrogen-bond acceptors (Lipinski definition) is 3. The number of fused-ring (bicyclic) bond motifs is 5. The number of halogens is 4. The number of benzene rings is 2. The number of amides is 1. The third-order valence-electron chi connectivity index (χ3n) is 4.90. The van der Waals surface area contributed by atoms with Gasteiger partial charge in [-0.1, -0.05) is 35.9 Å². The van der Waals surface area contributed by atoms with Gasteiger partial charge in [-0.3, -0.25) is 4.79 Å². The highest BCUT2D eigenvalue weighted by Crippen LogP contribution is 2.50. The second kappa shape index (κ2) is 6.64. The van der Waals surface area contributed by atoms with Crippen LogP contribution in [0, 0.1) is 0 Å². The van der Waals surface area contributed by atoms with E-state index in [9.17, 15) is 18.0 Å². The van der Waals surface area contributed by atoms with E-state index < -0.39 is 24.2 Å². The molecule has 1 saturated heterocycles. The van der Waals surface area contributed by atoms with Crippen LogP contribution in [0.5, 0.6) is 11.5 Å². The molecule has 0 bridgehead atoms. The molecule has 0 saturated carbocycles. The van der Waals surface area contributed by atoms with E-state index in [1.54, 1.807) is 36.4 Å². The number of ether oxygens (including phenoxy) is 1. The molecule has 4 nitrogen and oxygen atoms in total. The minimum Gasteiger partial charge on any atom is -0.455 e. The number of alkyl halides is 3. The van der Waals surface area contributed by atoms with Crippen molar-refractivity contribution in [1.82, 2.24) is 5.32 Å². The Bertz CT molecular complexity index is 887. The number of hydrogen-bond donors (Lipinski definition) is 1. The molecule has 1 fully saturated rings. The van der Waals surface area contributed by atoms with Gasteiger partial charge in [0.1, 0.15) is 5.75 Å². The van der Waals surface area contributed by atoms with Crippen molar-refractivity contribution in [2.45, 2.75) is 31.1 Å². The molecule has 2 atom stereocenters. The first-order valence-electron chi connectivity index (χ1n) is 8.56. The molecule has 0 unspecified atom stereocenters. The summed E-state index contributed by atoms with van der Waals surface area (Å²) in [6.45, 7) is 0.595. The maximum atomic E-state index is 12.8. The summed E-state index contributed by atoms with van der Waals surface area (Å²) in [5.41, 5.74) is 1.35. The average molecular weight is 397 g/mol. The van der Waals surface area contributed by atoms with E-state index in [4.69, 9.17) is 16.3 Å². The molecule has 0 radical (unpaired) electrons. The molecule has 2 aromatic carbocycles. The van der Waals surface area contributed by atoms with Crippen LogP contribution in [0.1, 0.15) is 24.4 Å². The molecular formula is C19H16ClF3N2O2. The topological polar surface area (TPSA) is 41.6 Å². The maximum absolute atomic E-state index is 12.8. The summed E-state index contributed by atoms with van der Waals surface area (Å²) < 4.78 is 44.5. The standard InChI is InChI=1S/C19H16ClF3N2O2/c20-12-6-3-9-15-17(12)25-10-4-7-13(24-18(26)19(21,22)23)16(25)11-5-1-2-8-14(11)27-15/h1-3,5-6,8-9,13,16H,4,7,10H2,(H,24,26)/t13-,16-/m0/s1. The Balaban J connectivity index is 1.83. The highest BCUT2D eigenvalue weighted by atomic mass is 35.5. The summed E-state index contributed by atoms with van der Waals surface area (Å²) in [6, 6.07) is 11.2. The van der Waals surface area contributed by atoms with E-state index in [1.807, 2.05) is 11.0 Å². The molecule has 2 aromatic rings. The Kier molecular flexibility index (Phi) is 4.42. The van der Waals surface area contributed by atoms with Crippen molar-refractivity contribution in [3.63, 3.8) is 0 Å². The lowest BCUT2D eigenvalue weighted by Gasteiger charge is -2.42. The molecule has 1 N–H and O–H groups in total. The van der Waals surface area contributed by atoms with E-state index in [0.29, 0.717) is 41.6 Å². The number of piperidine rings is 1. The number of para-hydroxylation sites is 2. The van der Waals surface area contributed by atoms with E-state index in [0.717, 1.165) is 5.56 Å². The number of carbonyl (C=O) groups excluding carboxylic acids is 1. The highest BCUT2D eigenvalue weighted by Gasteiger charge is 2.44. The van der Waals surface area contributed by atoms with Gasteiger partial charge in [-0.25, -0.2) is 0 Å². The smallest absolute Gasteiger partial charge is 0.455 e. The molecule has 8 heteroatoms. The number of rotatable bonds is 1. The summed E-state index contributed by atoms with van der Waals surface area (Å²) in [6.07, 6.45) is -3.89. The van der Waals surface area contributed by atoms with Crippen molar-refractivity contribution in [2.24, 2.45) is 0 Å². The molecule has 2 aliphatic rings. The van der Waals surface area contributed by atoms with Gasteiger partial charge < -0.3 is 15.0 Å². The predicted octanol–water partition coefficient (Wildman–Crippen LogP) is 4.83. The maximum Gasteiger partial charge on any atom is 0.471 e. The van der Waals surface area contributed by atoms with E-state index in [2.05, 4.69) is 5.32 Å². The Labute approximate surface area is 158 Å². The zero-order valence-electron chi connectivity index (χ0n) is 14.1. The lowest BCUT2D eigenvalue weighted by molar-refractivity contribution is -0.174. The van der Waals surface area contributed by atoms with Crippen molar-refractivity contribution < 1.29 is 22.7 Å². The molecule has 2 heterocycles. The highest BCUT2D eigenvalue weighted by molar-refractivity contribution is 6.33. The largest absolute Gasteiger partial charge is 0.471 e. The zero-order valence-corrected chi connectivity index (χ0v) is 14.8. The van der Waals surface area contributed by atoms with Gasteiger partial charge in [0.05, 0.1) is 22.8 Å². The van der Waals surface area contributed by atoms with Crippen LogP contribution in [0.3, 0.4) is 0 Å². The molecule has 4 rings (SSSR count). The number of nitrogens with zero attached hydrogens (tertiary/aromatic N) is 1. The minimum atomic E-state index is -4.93. The van der Waals surface area contributed by atoms with Gasteiger partial charge in [0.2, 0.25) is 0 Å². The summed E-state index contributed by atoms with van der Waals surface area (Å²) in [5.74, 6) is -0.849. The van der Waals surface area contributed by atoms with Crippen LogP contribution < -0.4 is 15.0 Å². The van der Waals surface area contributed by atoms with Gasteiger partial charge in [-0.05, 0) is 31.0 Å². The van der Waals surface area contributed by atoms with Gasteiger partial charge in [-0.15, -0.1) is 0 Å². The van der Waals surface area contributed by atoms with Gasteiger partial charge in [0, 0.05) is 12.1 Å². The monoisotopic (exact) mass is 396 g/mol. The number of anilines is 1. The number of nitrogens with one attached hydrogen (secondary N) is 1. The molecule has 1 amide bonds. The minimum absolute atomic E-state index is 0.428. The third kappa shape index (κ3) is 3.20. The fraction of sp³-hybridized carbons (Fsp3) is 0.316. The Morgan fingerprint density at radius 1 is 1.15 bits per heavy atom. The lowest BCUT2D eigenvalue weighted by atomic mass is 9.89. The lowest BCUT2D eigenvalue weighted by Crippen LogP contribution is -2.52. The SMILES string of the molecule is O=C(N[C@H]1CCCN2c3c(Cl)cccc3Oc3ccccc3[C@@H]12)C(F)(F)F. The van der Waals surface area contributed by atoms with Crippen molar-refractivity contribution in [1.29, 1.82) is 0 Å². The molecule has 27 heavy (non-hydrogen) atoms. The first-order valence-corrected chi connectivity index (χ1v) is 8.93.